The molecule has 2 heterocycles. The van der Waals surface area contributed by atoms with E-state index in [0.29, 0.717) is 0 Å². The number of para-hydroxylation sites is 4. The van der Waals surface area contributed by atoms with Crippen molar-refractivity contribution in [1.29, 1.82) is 0 Å². The molecular weight excluding hydrogens is 651 g/mol. The molecule has 0 spiro atoms. The summed E-state index contributed by atoms with van der Waals surface area (Å²) in [6, 6.07) is 72.0. The zero-order valence-electron chi connectivity index (χ0n) is 28.3. The lowest BCUT2D eigenvalue weighted by Gasteiger charge is -2.33. The summed E-state index contributed by atoms with van der Waals surface area (Å²) in [6.07, 6.45) is 0. The van der Waals surface area contributed by atoms with Crippen LogP contribution in [-0.4, -0.2) is 4.57 Å². The van der Waals surface area contributed by atoms with Crippen LogP contribution < -0.4 is 9.80 Å². The quantitative estimate of drug-likeness (QED) is 0.173. The van der Waals surface area contributed by atoms with Crippen LogP contribution in [0.2, 0.25) is 0 Å². The lowest BCUT2D eigenvalue weighted by atomic mass is 10.0. The van der Waals surface area contributed by atoms with E-state index < -0.39 is 0 Å². The van der Waals surface area contributed by atoms with Crippen LogP contribution in [0.1, 0.15) is 0 Å². The monoisotopic (exact) mass is 683 g/mol. The highest BCUT2D eigenvalue weighted by atomic mass is 32.2. The fraction of sp³-hybridized carbons (Fsp3) is 0. The zero-order valence-corrected chi connectivity index (χ0v) is 29.1. The van der Waals surface area contributed by atoms with Crippen LogP contribution in [0, 0.1) is 0 Å². The van der Waals surface area contributed by atoms with Crippen LogP contribution >= 0.6 is 11.8 Å². The Hall–Kier alpha value is -6.49. The van der Waals surface area contributed by atoms with Crippen molar-refractivity contribution in [2.75, 3.05) is 9.80 Å². The summed E-state index contributed by atoms with van der Waals surface area (Å²) in [5.74, 6) is 1.16. The molecular formula is C48H33N3S. The topological polar surface area (TPSA) is 11.4 Å². The van der Waals surface area contributed by atoms with Gasteiger partial charge in [-0.25, -0.2) is 0 Å². The second kappa shape index (κ2) is 12.7. The van der Waals surface area contributed by atoms with Gasteiger partial charge in [-0.05, 0) is 77.7 Å². The third kappa shape index (κ3) is 4.99. The summed E-state index contributed by atoms with van der Waals surface area (Å²) in [4.78, 5) is 7.36. The van der Waals surface area contributed by atoms with Crippen LogP contribution in [0.5, 0.6) is 0 Å². The summed E-state index contributed by atoms with van der Waals surface area (Å²) >= 11 is 1.86. The van der Waals surface area contributed by atoms with Gasteiger partial charge in [0.15, 0.2) is 0 Å². The van der Waals surface area contributed by atoms with Gasteiger partial charge >= 0.3 is 0 Å². The molecule has 9 aromatic rings. The number of rotatable bonds is 6. The maximum Gasteiger partial charge on any atom is 0.137 e. The first-order chi connectivity index (χ1) is 25.8. The van der Waals surface area contributed by atoms with Crippen molar-refractivity contribution < 1.29 is 0 Å². The first-order valence-electron chi connectivity index (χ1n) is 17.6. The fourth-order valence-corrected chi connectivity index (χ4v) is 8.83. The van der Waals surface area contributed by atoms with Gasteiger partial charge in [-0.1, -0.05) is 145 Å². The minimum absolute atomic E-state index is 1.09. The molecule has 1 aliphatic heterocycles. The molecule has 0 saturated carbocycles. The van der Waals surface area contributed by atoms with Crippen LogP contribution in [-0.2, 0) is 0 Å². The normalized spacial score (nSPS) is 12.1. The predicted octanol–water partition coefficient (Wildman–Crippen LogP) is 13.9. The molecule has 1 aromatic heterocycles. The average Bonchev–Trinajstić information content (AvgIpc) is 3.55. The third-order valence-electron chi connectivity index (χ3n) is 9.95. The Balaban J connectivity index is 1.18. The van der Waals surface area contributed by atoms with Crippen molar-refractivity contribution in [2.24, 2.45) is 0 Å². The Labute approximate surface area is 307 Å². The molecule has 0 bridgehead atoms. The van der Waals surface area contributed by atoms with Crippen molar-refractivity contribution in [2.45, 2.75) is 9.79 Å². The number of hydrogen-bond donors (Lipinski definition) is 0. The van der Waals surface area contributed by atoms with E-state index in [2.05, 4.69) is 215 Å². The van der Waals surface area contributed by atoms with Gasteiger partial charge in [0, 0.05) is 38.3 Å². The number of hydrogen-bond acceptors (Lipinski definition) is 3. The highest BCUT2D eigenvalue weighted by Gasteiger charge is 2.32. The van der Waals surface area contributed by atoms with E-state index in [1.54, 1.807) is 0 Å². The molecule has 0 fully saturated rings. The van der Waals surface area contributed by atoms with Gasteiger partial charge in [-0.2, -0.15) is 0 Å². The summed E-state index contributed by atoms with van der Waals surface area (Å²) < 4.78 is 2.42. The smallest absolute Gasteiger partial charge is 0.137 e. The third-order valence-corrected chi connectivity index (χ3v) is 11.1. The Kier molecular flexibility index (Phi) is 7.40. The van der Waals surface area contributed by atoms with E-state index in [4.69, 9.17) is 0 Å². The van der Waals surface area contributed by atoms with E-state index in [1.165, 1.54) is 48.3 Å². The van der Waals surface area contributed by atoms with E-state index in [-0.39, 0.29) is 0 Å². The Morgan fingerprint density at radius 3 is 1.92 bits per heavy atom. The Morgan fingerprint density at radius 2 is 1.08 bits per heavy atom. The molecule has 0 N–H and O–H groups in total. The van der Waals surface area contributed by atoms with E-state index in [9.17, 15) is 0 Å². The van der Waals surface area contributed by atoms with Crippen molar-refractivity contribution in [3.63, 3.8) is 0 Å². The number of fused-ring (bicyclic) bond motifs is 5. The molecule has 3 nitrogen and oxygen atoms in total. The minimum Gasteiger partial charge on any atom is -0.309 e. The number of anilines is 6. The Morgan fingerprint density at radius 1 is 0.442 bits per heavy atom. The van der Waals surface area contributed by atoms with Crippen molar-refractivity contribution >= 4 is 67.7 Å². The van der Waals surface area contributed by atoms with Crippen LogP contribution in [0.25, 0.3) is 38.5 Å². The first kappa shape index (κ1) is 30.3. The fourth-order valence-electron chi connectivity index (χ4n) is 7.64. The average molecular weight is 684 g/mol. The Bertz CT molecular complexity index is 2710. The molecule has 0 unspecified atom stereocenters. The highest BCUT2D eigenvalue weighted by molar-refractivity contribution is 8.00. The standard InChI is InChI=1S/C48H33N3S/c1-3-16-34(17-4-1)39-23-9-11-25-42(39)49(43-28-15-19-35-18-7-8-22-40(35)43)37-30-32-38(33-31-37)51-45-27-13-14-29-46(45)52-47-41-24-10-12-26-44(41)50(48(47)51)36-20-5-2-6-21-36/h1-33H. The van der Waals surface area contributed by atoms with Gasteiger partial charge in [0.2, 0.25) is 0 Å². The van der Waals surface area contributed by atoms with Crippen LogP contribution in [0.15, 0.2) is 210 Å². The number of benzene rings is 8. The molecule has 246 valence electrons. The molecule has 4 heteroatoms. The van der Waals surface area contributed by atoms with Crippen molar-refractivity contribution in [1.82, 2.24) is 4.57 Å². The number of nitrogens with zero attached hydrogens (tertiary/aromatic N) is 3. The maximum absolute atomic E-state index is 2.44. The SMILES string of the molecule is c1ccc(-c2ccccc2N(c2ccc(N3c4ccccc4Sc4c3n(-c3ccccc3)c3ccccc43)cc2)c2cccc3ccccc23)cc1. The predicted molar refractivity (Wildman–Crippen MR) is 220 cm³/mol. The molecule has 0 aliphatic carbocycles. The summed E-state index contributed by atoms with van der Waals surface area (Å²) in [6.45, 7) is 0. The molecule has 52 heavy (non-hydrogen) atoms. The largest absolute Gasteiger partial charge is 0.309 e. The van der Waals surface area contributed by atoms with Crippen LogP contribution in [0.4, 0.5) is 34.3 Å². The van der Waals surface area contributed by atoms with Crippen molar-refractivity contribution in [3.05, 3.63) is 200 Å². The lowest BCUT2D eigenvalue weighted by molar-refractivity contribution is 1.03. The van der Waals surface area contributed by atoms with Crippen LogP contribution in [0.3, 0.4) is 0 Å². The second-order valence-corrected chi connectivity index (χ2v) is 14.0. The summed E-state index contributed by atoms with van der Waals surface area (Å²) in [5.41, 5.74) is 10.3. The van der Waals surface area contributed by atoms with Gasteiger partial charge in [-0.15, -0.1) is 0 Å². The van der Waals surface area contributed by atoms with Crippen molar-refractivity contribution in [3.8, 4) is 16.8 Å². The van der Waals surface area contributed by atoms with E-state index >= 15 is 0 Å². The molecule has 0 amide bonds. The molecule has 8 aromatic carbocycles. The molecule has 10 rings (SSSR count). The lowest BCUT2D eigenvalue weighted by Crippen LogP contribution is -2.18. The summed E-state index contributed by atoms with van der Waals surface area (Å²) in [5, 5.41) is 3.67. The summed E-state index contributed by atoms with van der Waals surface area (Å²) in [7, 11) is 0. The van der Waals surface area contributed by atoms with Gasteiger partial charge < -0.3 is 4.90 Å². The van der Waals surface area contributed by atoms with Gasteiger partial charge in [-0.3, -0.25) is 9.47 Å². The maximum atomic E-state index is 2.44. The minimum atomic E-state index is 1.09. The van der Waals surface area contributed by atoms with Gasteiger partial charge in [0.25, 0.3) is 0 Å². The zero-order chi connectivity index (χ0) is 34.4. The highest BCUT2D eigenvalue weighted by Crippen LogP contribution is 2.56. The molecule has 0 saturated heterocycles. The van der Waals surface area contributed by atoms with Gasteiger partial charge in [0.1, 0.15) is 5.82 Å². The van der Waals surface area contributed by atoms with E-state index in [1.807, 2.05) is 11.8 Å². The molecule has 0 atom stereocenters. The molecule has 1 aliphatic rings. The van der Waals surface area contributed by atoms with E-state index in [0.717, 1.165) is 34.3 Å². The molecule has 0 radical (unpaired) electrons. The number of aromatic nitrogens is 1. The first-order valence-corrected chi connectivity index (χ1v) is 18.4. The van der Waals surface area contributed by atoms with Gasteiger partial charge in [0.05, 0.1) is 27.5 Å². The second-order valence-electron chi connectivity index (χ2n) is 13.0.